The van der Waals surface area contributed by atoms with Crippen LogP contribution in [0.2, 0.25) is 0 Å². The van der Waals surface area contributed by atoms with Crippen molar-refractivity contribution in [1.29, 1.82) is 0 Å². The van der Waals surface area contributed by atoms with Gasteiger partial charge < -0.3 is 13.9 Å². The molecular weight excluding hydrogens is 820 g/mol. The topological polar surface area (TPSA) is 35.9 Å². The Kier molecular flexibility index (Phi) is 9.27. The Balaban J connectivity index is 0.00000420. The Labute approximate surface area is 320 Å². The van der Waals surface area contributed by atoms with E-state index < -0.39 is 0 Å². The van der Waals surface area contributed by atoms with Gasteiger partial charge >= 0.3 is 0 Å². The second kappa shape index (κ2) is 13.7. The minimum atomic E-state index is -0.00717. The molecule has 0 atom stereocenters. The molecule has 0 radical (unpaired) electrons. The molecule has 0 N–H and O–H groups in total. The summed E-state index contributed by atoms with van der Waals surface area (Å²) in [6.45, 7) is 13.4. The average Bonchev–Trinajstić information content (AvgIpc) is 3.75. The fourth-order valence-electron chi connectivity index (χ4n) is 6.58. The molecule has 0 spiro atoms. The third-order valence-corrected chi connectivity index (χ3v) is 9.42. The second-order valence-corrected chi connectivity index (χ2v) is 15.1. The Bertz CT molecular complexity index is 2530. The van der Waals surface area contributed by atoms with Crippen molar-refractivity contribution < 1.29 is 30.4 Å². The quantitative estimate of drug-likeness (QED) is 0.123. The first-order valence-electron chi connectivity index (χ1n) is 17.4. The number of ether oxygens (including phenoxy) is 1. The largest absolute Gasteiger partial charge is 0.510 e. The van der Waals surface area contributed by atoms with Crippen molar-refractivity contribution in [3.8, 4) is 39.8 Å². The second-order valence-electron chi connectivity index (χ2n) is 15.1. The Morgan fingerprint density at radius 3 is 2.19 bits per heavy atom. The van der Waals surface area contributed by atoms with Crippen LogP contribution in [0, 0.1) is 18.5 Å². The molecule has 0 bridgehead atoms. The summed E-state index contributed by atoms with van der Waals surface area (Å²) in [5, 5.41) is 2.24. The van der Waals surface area contributed by atoms with E-state index in [4.69, 9.17) is 9.72 Å². The van der Waals surface area contributed by atoms with Crippen LogP contribution in [0.3, 0.4) is 0 Å². The van der Waals surface area contributed by atoms with E-state index in [1.807, 2.05) is 52.0 Å². The van der Waals surface area contributed by atoms with Crippen LogP contribution in [-0.2, 0) is 31.9 Å². The van der Waals surface area contributed by atoms with Crippen molar-refractivity contribution in [1.82, 2.24) is 14.1 Å². The molecule has 0 saturated carbocycles. The molecule has 52 heavy (non-hydrogen) atoms. The zero-order chi connectivity index (χ0) is 35.3. The molecule has 0 saturated heterocycles. The van der Waals surface area contributed by atoms with Gasteiger partial charge in [-0.2, -0.15) is 18.2 Å². The van der Waals surface area contributed by atoms with Crippen LogP contribution < -0.4 is 9.30 Å². The van der Waals surface area contributed by atoms with Gasteiger partial charge in [0, 0.05) is 56.7 Å². The number of imidazole rings is 1. The van der Waals surface area contributed by atoms with Crippen LogP contribution in [0.5, 0.6) is 11.5 Å². The molecule has 3 heterocycles. The Hall–Kier alpha value is -5.25. The molecule has 0 fully saturated rings. The van der Waals surface area contributed by atoms with E-state index in [0.717, 1.165) is 44.6 Å². The molecule has 5 nitrogen and oxygen atoms in total. The number of hydrogen-bond acceptors (Lipinski definition) is 2. The van der Waals surface area contributed by atoms with Gasteiger partial charge in [-0.05, 0) is 68.4 Å². The van der Waals surface area contributed by atoms with Crippen LogP contribution in [0.25, 0.3) is 50.1 Å². The first kappa shape index (κ1) is 35.2. The summed E-state index contributed by atoms with van der Waals surface area (Å²) >= 11 is 0. The van der Waals surface area contributed by atoms with Gasteiger partial charge in [0.1, 0.15) is 5.82 Å². The van der Waals surface area contributed by atoms with Crippen LogP contribution >= 0.6 is 0 Å². The molecule has 262 valence electrons. The molecule has 3 aromatic heterocycles. The molecule has 5 aromatic carbocycles. The SMILES string of the molecule is CC(C)(C)c1ccnc(-n2c3[c-]c(Oc4[c-]c(-n5[c-][n+](-c6ccc(C(C)(C)C)cc6-c6ccccc6)cc5)ccc4)ccc3c3ccccc32)c1.[Pt]. The predicted molar refractivity (Wildman–Crippen MR) is 205 cm³/mol. The van der Waals surface area contributed by atoms with Gasteiger partial charge in [0.15, 0.2) is 0 Å². The van der Waals surface area contributed by atoms with Crippen LogP contribution in [0.1, 0.15) is 52.7 Å². The van der Waals surface area contributed by atoms with E-state index in [-0.39, 0.29) is 31.9 Å². The summed E-state index contributed by atoms with van der Waals surface area (Å²) < 4.78 is 12.6. The zero-order valence-corrected chi connectivity index (χ0v) is 32.5. The van der Waals surface area contributed by atoms with Crippen LogP contribution in [0.15, 0.2) is 134 Å². The molecule has 8 rings (SSSR count). The van der Waals surface area contributed by atoms with Gasteiger partial charge in [-0.25, -0.2) is 4.98 Å². The summed E-state index contributed by atoms with van der Waals surface area (Å²) in [6.07, 6.45) is 9.43. The van der Waals surface area contributed by atoms with Crippen molar-refractivity contribution in [2.75, 3.05) is 0 Å². The van der Waals surface area contributed by atoms with Crippen LogP contribution in [-0.4, -0.2) is 14.1 Å². The van der Waals surface area contributed by atoms with E-state index in [1.165, 1.54) is 16.7 Å². The summed E-state index contributed by atoms with van der Waals surface area (Å²) in [4.78, 5) is 4.80. The van der Waals surface area contributed by atoms with Gasteiger partial charge in [0.2, 0.25) is 0 Å². The average molecular weight is 860 g/mol. The van der Waals surface area contributed by atoms with Gasteiger partial charge in [-0.15, -0.1) is 29.7 Å². The maximum Gasteiger partial charge on any atom is 0.267 e. The van der Waals surface area contributed by atoms with Crippen molar-refractivity contribution >= 4 is 21.8 Å². The third kappa shape index (κ3) is 6.74. The smallest absolute Gasteiger partial charge is 0.267 e. The normalized spacial score (nSPS) is 11.9. The van der Waals surface area contributed by atoms with Crippen molar-refractivity contribution in [3.63, 3.8) is 0 Å². The number of para-hydroxylation sites is 1. The number of fused-ring (bicyclic) bond motifs is 3. The Morgan fingerprint density at radius 1 is 0.673 bits per heavy atom. The standard InChI is InChI=1S/C46H40N4O.Pt/c1-45(2,3)33-19-22-41(40(27-33)32-13-8-7-9-14-32)49-26-25-48(31-49)35-15-12-16-36(29-35)51-37-20-21-39-38-17-10-11-18-42(38)50(43(39)30-37)44-28-34(23-24-47-44)46(4,5)6;/h7-28H,1-6H3;/q-2;. The molecule has 0 aliphatic heterocycles. The number of hydrogen-bond donors (Lipinski definition) is 0. The van der Waals surface area contributed by atoms with Crippen molar-refractivity contribution in [2.24, 2.45) is 0 Å². The summed E-state index contributed by atoms with van der Waals surface area (Å²) in [7, 11) is 0. The fourth-order valence-corrected chi connectivity index (χ4v) is 6.58. The minimum absolute atomic E-state index is 0. The van der Waals surface area contributed by atoms with Crippen molar-refractivity contribution in [2.45, 2.75) is 52.4 Å². The zero-order valence-electron chi connectivity index (χ0n) is 30.2. The Morgan fingerprint density at radius 2 is 1.40 bits per heavy atom. The van der Waals surface area contributed by atoms with E-state index >= 15 is 0 Å². The maximum atomic E-state index is 6.45. The molecule has 8 aromatic rings. The van der Waals surface area contributed by atoms with Gasteiger partial charge in [-0.3, -0.25) is 4.57 Å². The number of aromatic nitrogens is 4. The predicted octanol–water partition coefficient (Wildman–Crippen LogP) is 10.7. The molecule has 6 heteroatoms. The van der Waals surface area contributed by atoms with E-state index in [1.54, 1.807) is 0 Å². The molecule has 0 aliphatic carbocycles. The summed E-state index contributed by atoms with van der Waals surface area (Å²) in [5.41, 5.74) is 8.72. The van der Waals surface area contributed by atoms with Gasteiger partial charge in [-0.1, -0.05) is 108 Å². The summed E-state index contributed by atoms with van der Waals surface area (Å²) in [6, 6.07) is 46.9. The van der Waals surface area contributed by atoms with Gasteiger partial charge in [0.05, 0.1) is 5.69 Å². The van der Waals surface area contributed by atoms with E-state index in [2.05, 4.69) is 156 Å². The monoisotopic (exact) mass is 859 g/mol. The first-order chi connectivity index (χ1) is 24.5. The maximum absolute atomic E-state index is 6.45. The minimum Gasteiger partial charge on any atom is -0.510 e. The van der Waals surface area contributed by atoms with Gasteiger partial charge in [0.25, 0.3) is 6.33 Å². The summed E-state index contributed by atoms with van der Waals surface area (Å²) in [5.74, 6) is 2.05. The number of benzene rings is 5. The van der Waals surface area contributed by atoms with E-state index in [9.17, 15) is 0 Å². The van der Waals surface area contributed by atoms with E-state index in [0.29, 0.717) is 11.5 Å². The molecule has 0 aliphatic rings. The third-order valence-electron chi connectivity index (χ3n) is 9.42. The molecule has 0 amide bonds. The number of pyridine rings is 1. The fraction of sp³-hybridized carbons (Fsp3) is 0.174. The molecule has 0 unspecified atom stereocenters. The number of nitrogens with zero attached hydrogens (tertiary/aromatic N) is 4. The number of rotatable bonds is 6. The first-order valence-corrected chi connectivity index (χ1v) is 17.4. The molecular formula is C46H40N4OPt-2. The van der Waals surface area contributed by atoms with Crippen LogP contribution in [0.4, 0.5) is 0 Å². The van der Waals surface area contributed by atoms with Crippen molar-refractivity contribution in [3.05, 3.63) is 163 Å².